The van der Waals surface area contributed by atoms with Gasteiger partial charge in [0.1, 0.15) is 12.3 Å². The zero-order chi connectivity index (χ0) is 21.2. The predicted molar refractivity (Wildman–Crippen MR) is 108 cm³/mol. The van der Waals surface area contributed by atoms with Gasteiger partial charge in [0, 0.05) is 21.8 Å². The summed E-state index contributed by atoms with van der Waals surface area (Å²) in [5.41, 5.74) is 0.934. The highest BCUT2D eigenvalue weighted by molar-refractivity contribution is 7.99. The largest absolute Gasteiger partial charge is 0.460 e. The molecule has 0 fully saturated rings. The van der Waals surface area contributed by atoms with E-state index in [-0.39, 0.29) is 31.1 Å². The highest BCUT2D eigenvalue weighted by Gasteiger charge is 2.12. The van der Waals surface area contributed by atoms with Crippen molar-refractivity contribution in [3.05, 3.63) is 59.7 Å². The molecule has 29 heavy (non-hydrogen) atoms. The van der Waals surface area contributed by atoms with Gasteiger partial charge in [-0.25, -0.2) is 9.59 Å². The Morgan fingerprint density at radius 1 is 0.966 bits per heavy atom. The zero-order valence-corrected chi connectivity index (χ0v) is 16.9. The lowest BCUT2D eigenvalue weighted by Gasteiger charge is -2.06. The number of nitrogens with zero attached hydrogens (tertiary/aromatic N) is 1. The molecule has 0 amide bonds. The monoisotopic (exact) mass is 415 g/mol. The Hall–Kier alpha value is -2.97. The van der Waals surface area contributed by atoms with Crippen LogP contribution in [0.5, 0.6) is 0 Å². The smallest absolute Gasteiger partial charge is 0.338 e. The van der Waals surface area contributed by atoms with Crippen LogP contribution in [0.25, 0.3) is 0 Å². The molecule has 0 aliphatic rings. The van der Waals surface area contributed by atoms with Crippen molar-refractivity contribution in [1.82, 2.24) is 0 Å². The second-order valence-electron chi connectivity index (χ2n) is 5.83. The lowest BCUT2D eigenvalue weighted by Crippen LogP contribution is -2.12. The van der Waals surface area contributed by atoms with E-state index in [2.05, 4.69) is 9.99 Å². The molecule has 1 N–H and O–H groups in total. The van der Waals surface area contributed by atoms with E-state index in [0.717, 1.165) is 9.79 Å². The first kappa shape index (κ1) is 22.3. The van der Waals surface area contributed by atoms with Gasteiger partial charge >= 0.3 is 11.9 Å². The maximum absolute atomic E-state index is 12.3. The fourth-order valence-corrected chi connectivity index (χ4v) is 2.94. The second-order valence-corrected chi connectivity index (χ2v) is 6.98. The summed E-state index contributed by atoms with van der Waals surface area (Å²) < 4.78 is 4.86. The number of aliphatic hydroxyl groups excluding tert-OH is 1. The highest BCUT2D eigenvalue weighted by atomic mass is 32.2. The molecule has 0 unspecified atom stereocenters. The van der Waals surface area contributed by atoms with Crippen molar-refractivity contribution in [1.29, 1.82) is 0 Å². The van der Waals surface area contributed by atoms with E-state index in [4.69, 9.17) is 9.84 Å². The van der Waals surface area contributed by atoms with E-state index in [0.29, 0.717) is 11.1 Å². The molecule has 2 aromatic rings. The van der Waals surface area contributed by atoms with Crippen LogP contribution in [0.3, 0.4) is 0 Å². The lowest BCUT2D eigenvalue weighted by atomic mass is 10.1. The molecule has 2 rings (SSSR count). The van der Waals surface area contributed by atoms with Crippen LogP contribution in [0.2, 0.25) is 0 Å². The quantitative estimate of drug-likeness (QED) is 0.220. The van der Waals surface area contributed by atoms with Crippen molar-refractivity contribution in [3.63, 3.8) is 0 Å². The fraction of sp³-hybridized carbons (Fsp3) is 0.238. The molecule has 7 nitrogen and oxygen atoms in total. The van der Waals surface area contributed by atoms with Crippen molar-refractivity contribution in [2.75, 3.05) is 13.2 Å². The van der Waals surface area contributed by atoms with Gasteiger partial charge in [0.2, 0.25) is 5.78 Å². The van der Waals surface area contributed by atoms with E-state index in [1.54, 1.807) is 55.5 Å². The number of Topliss-reactive ketones (excluding diaryl/α,β-unsaturated/α-hetero) is 1. The molecule has 8 heteroatoms. The Bertz CT molecular complexity index is 890. The maximum Gasteiger partial charge on any atom is 0.338 e. The summed E-state index contributed by atoms with van der Waals surface area (Å²) in [4.78, 5) is 41.6. The van der Waals surface area contributed by atoms with Gasteiger partial charge in [-0.1, -0.05) is 23.8 Å². The van der Waals surface area contributed by atoms with Gasteiger partial charge in [-0.05, 0) is 55.5 Å². The standard InChI is InChI=1S/C21H21NO6S/c1-3-19(24)28-22-14(2)20(25)15-4-8-17(9-5-15)29-18-10-6-16(7-11-18)21(26)27-13-12-23/h4-11,23H,3,12-13H2,1-2H3/b22-14+. The number of esters is 1. The summed E-state index contributed by atoms with van der Waals surface area (Å²) in [6, 6.07) is 13.8. The van der Waals surface area contributed by atoms with Crippen LogP contribution in [0.15, 0.2) is 63.5 Å². The molecular weight excluding hydrogens is 394 g/mol. The summed E-state index contributed by atoms with van der Waals surface area (Å²) >= 11 is 1.47. The first-order valence-corrected chi connectivity index (χ1v) is 9.71. The Kier molecular flexibility index (Phi) is 8.57. The number of ether oxygens (including phenoxy) is 1. The van der Waals surface area contributed by atoms with E-state index < -0.39 is 11.9 Å². The molecule has 0 saturated heterocycles. The maximum atomic E-state index is 12.3. The first-order valence-electron chi connectivity index (χ1n) is 8.89. The third-order valence-corrected chi connectivity index (χ3v) is 4.68. The van der Waals surface area contributed by atoms with Crippen LogP contribution in [-0.4, -0.2) is 41.8 Å². The minimum absolute atomic E-state index is 0.0361. The third-order valence-electron chi connectivity index (χ3n) is 3.67. The molecule has 0 heterocycles. The number of oxime groups is 1. The van der Waals surface area contributed by atoms with Crippen LogP contribution < -0.4 is 0 Å². The number of ketones is 1. The van der Waals surface area contributed by atoms with Gasteiger partial charge in [-0.3, -0.25) is 4.79 Å². The number of aliphatic hydroxyl groups is 1. The number of benzene rings is 2. The molecule has 2 aromatic carbocycles. The van der Waals surface area contributed by atoms with Gasteiger partial charge in [0.25, 0.3) is 0 Å². The lowest BCUT2D eigenvalue weighted by molar-refractivity contribution is -0.143. The SMILES string of the molecule is CCC(=O)O/N=C(\C)C(=O)c1ccc(Sc2ccc(C(=O)OCCO)cc2)cc1. The molecule has 0 bridgehead atoms. The molecule has 0 radical (unpaired) electrons. The van der Waals surface area contributed by atoms with Gasteiger partial charge in [0.15, 0.2) is 0 Å². The molecule has 0 aromatic heterocycles. The van der Waals surface area contributed by atoms with Crippen LogP contribution in [0.4, 0.5) is 0 Å². The van der Waals surface area contributed by atoms with E-state index in [1.165, 1.54) is 18.7 Å². The van der Waals surface area contributed by atoms with Crippen molar-refractivity contribution in [2.24, 2.45) is 5.16 Å². The van der Waals surface area contributed by atoms with E-state index in [1.807, 2.05) is 0 Å². The summed E-state index contributed by atoms with van der Waals surface area (Å²) in [7, 11) is 0. The minimum Gasteiger partial charge on any atom is -0.460 e. The number of rotatable bonds is 9. The number of hydrogen-bond acceptors (Lipinski definition) is 8. The number of carbonyl (C=O) groups is 3. The van der Waals surface area contributed by atoms with Crippen molar-refractivity contribution < 1.29 is 29.1 Å². The zero-order valence-electron chi connectivity index (χ0n) is 16.1. The summed E-state index contributed by atoms with van der Waals surface area (Å²) in [6.45, 7) is 2.88. The Morgan fingerprint density at radius 3 is 2.03 bits per heavy atom. The van der Waals surface area contributed by atoms with Crippen LogP contribution in [0.1, 0.15) is 41.0 Å². The van der Waals surface area contributed by atoms with E-state index >= 15 is 0 Å². The van der Waals surface area contributed by atoms with Gasteiger partial charge < -0.3 is 14.7 Å². The summed E-state index contributed by atoms with van der Waals surface area (Å²) in [5.74, 6) is -1.31. The topological polar surface area (TPSA) is 102 Å². The molecule has 0 spiro atoms. The fourth-order valence-electron chi connectivity index (χ4n) is 2.13. The number of hydrogen-bond donors (Lipinski definition) is 1. The first-order chi connectivity index (χ1) is 13.9. The summed E-state index contributed by atoms with van der Waals surface area (Å²) in [6.07, 6.45) is 0.182. The van der Waals surface area contributed by atoms with Crippen LogP contribution >= 0.6 is 11.8 Å². The number of carbonyl (C=O) groups excluding carboxylic acids is 3. The Balaban J connectivity index is 1.99. The average Bonchev–Trinajstić information content (AvgIpc) is 2.76. The molecule has 0 saturated carbocycles. The van der Waals surface area contributed by atoms with Crippen LogP contribution in [0, 0.1) is 0 Å². The minimum atomic E-state index is -0.503. The molecule has 0 aliphatic carbocycles. The van der Waals surface area contributed by atoms with Gasteiger partial charge in [-0.2, -0.15) is 0 Å². The second kappa shape index (κ2) is 11.1. The van der Waals surface area contributed by atoms with Crippen LogP contribution in [-0.2, 0) is 14.4 Å². The highest BCUT2D eigenvalue weighted by Crippen LogP contribution is 2.28. The van der Waals surface area contributed by atoms with Crippen molar-refractivity contribution in [2.45, 2.75) is 30.1 Å². The molecule has 0 aliphatic heterocycles. The summed E-state index contributed by atoms with van der Waals surface area (Å²) in [5, 5.41) is 12.2. The van der Waals surface area contributed by atoms with Gasteiger partial charge in [-0.15, -0.1) is 0 Å². The van der Waals surface area contributed by atoms with Gasteiger partial charge in [0.05, 0.1) is 12.2 Å². The normalized spacial score (nSPS) is 11.1. The Labute approximate surface area is 172 Å². The molecular formula is C21H21NO6S. The predicted octanol–water partition coefficient (Wildman–Crippen LogP) is 3.50. The Morgan fingerprint density at radius 2 is 1.52 bits per heavy atom. The molecule has 0 atom stereocenters. The molecule has 152 valence electrons. The third kappa shape index (κ3) is 6.85. The van der Waals surface area contributed by atoms with E-state index in [9.17, 15) is 14.4 Å². The van der Waals surface area contributed by atoms with Crippen molar-refractivity contribution in [3.8, 4) is 0 Å². The van der Waals surface area contributed by atoms with Crippen molar-refractivity contribution >= 4 is 35.2 Å². The average molecular weight is 415 g/mol.